The van der Waals surface area contributed by atoms with Gasteiger partial charge >= 0.3 is 0 Å². The van der Waals surface area contributed by atoms with E-state index in [-0.39, 0.29) is 11.7 Å². The molecule has 0 atom stereocenters. The van der Waals surface area contributed by atoms with Crippen LogP contribution in [0.1, 0.15) is 16.7 Å². The van der Waals surface area contributed by atoms with Crippen LogP contribution in [0, 0.1) is 5.82 Å². The van der Waals surface area contributed by atoms with E-state index in [9.17, 15) is 9.18 Å². The zero-order valence-electron chi connectivity index (χ0n) is 19.4. The standard InChI is InChI=1S/C27H26FNO5/c1-31-22-12-13-23(29-26(30)14-8-18-6-10-21(28)11-7-18)20(17-22)9-5-19-15-24(32-2)27(34-4)25(16-19)33-3/h5-17H,1-4H3,(H,29,30)/b9-5+,14-8+. The van der Waals surface area contributed by atoms with Crippen LogP contribution in [-0.4, -0.2) is 34.3 Å². The molecule has 0 bridgehead atoms. The molecule has 6 nitrogen and oxygen atoms in total. The topological polar surface area (TPSA) is 66.0 Å². The van der Waals surface area contributed by atoms with Crippen molar-refractivity contribution in [2.24, 2.45) is 0 Å². The predicted octanol–water partition coefficient (Wildman–Crippen LogP) is 5.68. The lowest BCUT2D eigenvalue weighted by atomic mass is 10.1. The normalized spacial score (nSPS) is 11.0. The minimum absolute atomic E-state index is 0.322. The molecule has 1 amide bonds. The van der Waals surface area contributed by atoms with Crippen LogP contribution in [0.15, 0.2) is 60.7 Å². The van der Waals surface area contributed by atoms with E-state index in [0.29, 0.717) is 34.2 Å². The molecule has 0 spiro atoms. The van der Waals surface area contributed by atoms with Crippen LogP contribution in [0.25, 0.3) is 18.2 Å². The Labute approximate surface area is 198 Å². The maximum absolute atomic E-state index is 13.1. The molecular formula is C27H26FNO5. The number of methoxy groups -OCH3 is 4. The summed E-state index contributed by atoms with van der Waals surface area (Å²) in [6, 6.07) is 14.8. The fraction of sp³-hybridized carbons (Fsp3) is 0.148. The molecule has 0 heterocycles. The van der Waals surface area contributed by atoms with Gasteiger partial charge < -0.3 is 24.3 Å². The van der Waals surface area contributed by atoms with Gasteiger partial charge in [0, 0.05) is 17.3 Å². The summed E-state index contributed by atoms with van der Waals surface area (Å²) >= 11 is 0. The van der Waals surface area contributed by atoms with Gasteiger partial charge in [0.15, 0.2) is 11.5 Å². The van der Waals surface area contributed by atoms with Gasteiger partial charge in [0.1, 0.15) is 11.6 Å². The smallest absolute Gasteiger partial charge is 0.248 e. The Hall–Kier alpha value is -4.26. The second-order valence-corrected chi connectivity index (χ2v) is 7.12. The molecule has 0 saturated heterocycles. The lowest BCUT2D eigenvalue weighted by Gasteiger charge is -2.13. The van der Waals surface area contributed by atoms with E-state index in [0.717, 1.165) is 11.1 Å². The third-order valence-electron chi connectivity index (χ3n) is 4.96. The number of anilines is 1. The molecule has 0 aliphatic heterocycles. The molecule has 34 heavy (non-hydrogen) atoms. The molecule has 0 aliphatic carbocycles. The summed E-state index contributed by atoms with van der Waals surface area (Å²) in [6.45, 7) is 0. The van der Waals surface area contributed by atoms with Crippen LogP contribution in [0.5, 0.6) is 23.0 Å². The Bertz CT molecular complexity index is 1180. The Morgan fingerprint density at radius 3 is 2.03 bits per heavy atom. The highest BCUT2D eigenvalue weighted by atomic mass is 19.1. The molecule has 0 unspecified atom stereocenters. The van der Waals surface area contributed by atoms with Crippen molar-refractivity contribution < 1.29 is 28.1 Å². The van der Waals surface area contributed by atoms with Crippen molar-refractivity contribution in [2.75, 3.05) is 33.8 Å². The second kappa shape index (κ2) is 11.6. The van der Waals surface area contributed by atoms with Gasteiger partial charge in [-0.3, -0.25) is 4.79 Å². The SMILES string of the molecule is COc1ccc(NC(=O)/C=C/c2ccc(F)cc2)c(/C=C/c2cc(OC)c(OC)c(OC)c2)c1. The van der Waals surface area contributed by atoms with E-state index in [1.165, 1.54) is 18.2 Å². The van der Waals surface area contributed by atoms with E-state index in [2.05, 4.69) is 5.32 Å². The molecule has 1 N–H and O–H groups in total. The number of benzene rings is 3. The van der Waals surface area contributed by atoms with Gasteiger partial charge in [-0.05, 0) is 59.7 Å². The first-order valence-corrected chi connectivity index (χ1v) is 10.4. The van der Waals surface area contributed by atoms with E-state index in [1.54, 1.807) is 58.8 Å². The molecule has 3 aromatic carbocycles. The molecule has 0 saturated carbocycles. The summed E-state index contributed by atoms with van der Waals surface area (Å²) < 4.78 is 34.6. The number of halogens is 1. The highest BCUT2D eigenvalue weighted by Crippen LogP contribution is 2.38. The summed E-state index contributed by atoms with van der Waals surface area (Å²) in [5, 5.41) is 2.87. The fourth-order valence-electron chi connectivity index (χ4n) is 3.22. The largest absolute Gasteiger partial charge is 0.497 e. The predicted molar refractivity (Wildman–Crippen MR) is 132 cm³/mol. The average molecular weight is 464 g/mol. The van der Waals surface area contributed by atoms with Gasteiger partial charge in [0.2, 0.25) is 11.7 Å². The second-order valence-electron chi connectivity index (χ2n) is 7.12. The number of rotatable bonds is 9. The van der Waals surface area contributed by atoms with Crippen molar-refractivity contribution in [2.45, 2.75) is 0 Å². The van der Waals surface area contributed by atoms with Gasteiger partial charge in [-0.1, -0.05) is 24.3 Å². The van der Waals surface area contributed by atoms with Gasteiger partial charge in [-0.15, -0.1) is 0 Å². The maximum Gasteiger partial charge on any atom is 0.248 e. The van der Waals surface area contributed by atoms with Crippen molar-refractivity contribution in [3.8, 4) is 23.0 Å². The van der Waals surface area contributed by atoms with Gasteiger partial charge in [-0.2, -0.15) is 0 Å². The van der Waals surface area contributed by atoms with E-state index in [4.69, 9.17) is 18.9 Å². The lowest BCUT2D eigenvalue weighted by molar-refractivity contribution is -0.111. The van der Waals surface area contributed by atoms with Crippen molar-refractivity contribution in [3.05, 3.63) is 83.2 Å². The van der Waals surface area contributed by atoms with E-state index in [1.807, 2.05) is 30.4 Å². The van der Waals surface area contributed by atoms with Crippen LogP contribution in [0.3, 0.4) is 0 Å². The first kappa shape index (κ1) is 24.4. The van der Waals surface area contributed by atoms with Gasteiger partial charge in [0.05, 0.1) is 28.4 Å². The van der Waals surface area contributed by atoms with Gasteiger partial charge in [0.25, 0.3) is 0 Å². The highest BCUT2D eigenvalue weighted by Gasteiger charge is 2.12. The van der Waals surface area contributed by atoms with Crippen LogP contribution < -0.4 is 24.3 Å². The van der Waals surface area contributed by atoms with Crippen LogP contribution in [0.2, 0.25) is 0 Å². The fourth-order valence-corrected chi connectivity index (χ4v) is 3.22. The molecule has 3 aromatic rings. The maximum atomic E-state index is 13.1. The summed E-state index contributed by atoms with van der Waals surface area (Å²) in [5.41, 5.74) is 2.86. The first-order valence-electron chi connectivity index (χ1n) is 10.4. The lowest BCUT2D eigenvalue weighted by Crippen LogP contribution is -2.09. The summed E-state index contributed by atoms with van der Waals surface area (Å²) in [4.78, 5) is 12.5. The van der Waals surface area contributed by atoms with Crippen molar-refractivity contribution >= 4 is 29.8 Å². The molecule has 0 aliphatic rings. The molecular weight excluding hydrogens is 437 g/mol. The number of ether oxygens (including phenoxy) is 4. The minimum atomic E-state index is -0.330. The van der Waals surface area contributed by atoms with Crippen molar-refractivity contribution in [1.29, 1.82) is 0 Å². The molecule has 176 valence electrons. The number of hydrogen-bond acceptors (Lipinski definition) is 5. The van der Waals surface area contributed by atoms with Crippen molar-refractivity contribution in [3.63, 3.8) is 0 Å². The monoisotopic (exact) mass is 463 g/mol. The Balaban J connectivity index is 1.86. The number of carbonyl (C=O) groups is 1. The highest BCUT2D eigenvalue weighted by molar-refractivity contribution is 6.03. The number of carbonyl (C=O) groups excluding carboxylic acids is 1. The molecule has 0 radical (unpaired) electrons. The third kappa shape index (κ3) is 6.16. The quantitative estimate of drug-likeness (QED) is 0.327. The Morgan fingerprint density at radius 1 is 0.765 bits per heavy atom. The molecule has 3 rings (SSSR count). The van der Waals surface area contributed by atoms with Crippen LogP contribution in [-0.2, 0) is 4.79 Å². The molecule has 0 aromatic heterocycles. The third-order valence-corrected chi connectivity index (χ3v) is 4.96. The van der Waals surface area contributed by atoms with Crippen molar-refractivity contribution in [1.82, 2.24) is 0 Å². The number of nitrogens with one attached hydrogen (secondary N) is 1. The molecule has 0 fully saturated rings. The Morgan fingerprint density at radius 2 is 1.44 bits per heavy atom. The van der Waals surface area contributed by atoms with Gasteiger partial charge in [-0.25, -0.2) is 4.39 Å². The van der Waals surface area contributed by atoms with E-state index >= 15 is 0 Å². The Kier molecular flexibility index (Phi) is 8.29. The van der Waals surface area contributed by atoms with Crippen LogP contribution >= 0.6 is 0 Å². The number of amides is 1. The summed E-state index contributed by atoms with van der Waals surface area (Å²) in [7, 11) is 6.23. The average Bonchev–Trinajstić information content (AvgIpc) is 2.86. The zero-order chi connectivity index (χ0) is 24.5. The summed E-state index contributed by atoms with van der Waals surface area (Å²) in [5.74, 6) is 1.56. The summed E-state index contributed by atoms with van der Waals surface area (Å²) in [6.07, 6.45) is 6.72. The van der Waals surface area contributed by atoms with Crippen LogP contribution in [0.4, 0.5) is 10.1 Å². The minimum Gasteiger partial charge on any atom is -0.497 e. The van der Waals surface area contributed by atoms with E-state index < -0.39 is 0 Å². The first-order chi connectivity index (χ1) is 16.5. The number of hydrogen-bond donors (Lipinski definition) is 1. The zero-order valence-corrected chi connectivity index (χ0v) is 19.4. The molecule has 7 heteroatoms.